The van der Waals surface area contributed by atoms with Crippen LogP contribution in [0.3, 0.4) is 0 Å². The summed E-state index contributed by atoms with van der Waals surface area (Å²) in [6, 6.07) is 13.9. The molecule has 2 aromatic carbocycles. The van der Waals surface area contributed by atoms with Gasteiger partial charge < -0.3 is 19.9 Å². The molecule has 0 unspecified atom stereocenters. The molecule has 28 heavy (non-hydrogen) atoms. The predicted molar refractivity (Wildman–Crippen MR) is 104 cm³/mol. The molecule has 7 nitrogen and oxygen atoms in total. The number of carboxylic acid groups (broad SMARTS) is 1. The first-order chi connectivity index (χ1) is 13.3. The highest BCUT2D eigenvalue weighted by molar-refractivity contribution is 6.09. The molecule has 1 atom stereocenters. The Morgan fingerprint density at radius 2 is 1.96 bits per heavy atom. The Kier molecular flexibility index (Phi) is 6.77. The molecule has 1 amide bonds. The third-order valence-corrected chi connectivity index (χ3v) is 3.81. The van der Waals surface area contributed by atoms with Crippen LogP contribution in [0.25, 0.3) is 6.08 Å². The van der Waals surface area contributed by atoms with Gasteiger partial charge in [0.15, 0.2) is 17.6 Å². The summed E-state index contributed by atoms with van der Waals surface area (Å²) in [6.45, 7) is 3.26. The number of methoxy groups -OCH3 is 1. The second kappa shape index (κ2) is 9.24. The van der Waals surface area contributed by atoms with E-state index in [-0.39, 0.29) is 11.3 Å². The van der Waals surface area contributed by atoms with Gasteiger partial charge in [0, 0.05) is 11.3 Å². The molecule has 0 saturated carbocycles. The van der Waals surface area contributed by atoms with Gasteiger partial charge in [-0.1, -0.05) is 24.3 Å². The van der Waals surface area contributed by atoms with Crippen LogP contribution < -0.4 is 14.8 Å². The van der Waals surface area contributed by atoms with Crippen molar-refractivity contribution in [3.8, 4) is 17.6 Å². The number of para-hydroxylation sites is 1. The molecule has 2 rings (SSSR count). The number of rotatable bonds is 7. The predicted octanol–water partition coefficient (Wildman–Crippen LogP) is 3.40. The topological polar surface area (TPSA) is 109 Å². The van der Waals surface area contributed by atoms with Gasteiger partial charge in [-0.15, -0.1) is 0 Å². The summed E-state index contributed by atoms with van der Waals surface area (Å²) < 4.78 is 10.7. The van der Waals surface area contributed by atoms with Gasteiger partial charge in [0.25, 0.3) is 5.91 Å². The van der Waals surface area contributed by atoms with Crippen LogP contribution in [0.2, 0.25) is 0 Å². The highest BCUT2D eigenvalue weighted by Gasteiger charge is 2.19. The van der Waals surface area contributed by atoms with Crippen molar-refractivity contribution in [3.05, 3.63) is 59.2 Å². The number of aliphatic carboxylic acids is 1. The maximum atomic E-state index is 12.5. The van der Waals surface area contributed by atoms with E-state index < -0.39 is 18.0 Å². The summed E-state index contributed by atoms with van der Waals surface area (Å²) in [5.74, 6) is -1.32. The number of benzene rings is 2. The average Bonchev–Trinajstić information content (AvgIpc) is 2.66. The van der Waals surface area contributed by atoms with Crippen molar-refractivity contribution in [2.75, 3.05) is 12.4 Å². The molecule has 7 heteroatoms. The van der Waals surface area contributed by atoms with Gasteiger partial charge in [0.2, 0.25) is 0 Å². The van der Waals surface area contributed by atoms with Gasteiger partial charge in [0.1, 0.15) is 11.6 Å². The van der Waals surface area contributed by atoms with E-state index in [2.05, 4.69) is 5.32 Å². The number of hydrogen-bond acceptors (Lipinski definition) is 5. The highest BCUT2D eigenvalue weighted by atomic mass is 16.5. The van der Waals surface area contributed by atoms with Gasteiger partial charge in [-0.2, -0.15) is 5.26 Å². The Labute approximate surface area is 162 Å². The van der Waals surface area contributed by atoms with Gasteiger partial charge in [-0.3, -0.25) is 4.79 Å². The van der Waals surface area contributed by atoms with E-state index in [1.54, 1.807) is 36.4 Å². The van der Waals surface area contributed by atoms with Crippen molar-refractivity contribution >= 4 is 23.6 Å². The number of aryl methyl sites for hydroxylation is 1. The number of hydrogen-bond donors (Lipinski definition) is 2. The smallest absolute Gasteiger partial charge is 0.344 e. The number of carboxylic acids is 1. The second-order valence-electron chi connectivity index (χ2n) is 5.97. The van der Waals surface area contributed by atoms with E-state index in [9.17, 15) is 14.9 Å². The van der Waals surface area contributed by atoms with Gasteiger partial charge in [-0.25, -0.2) is 4.79 Å². The zero-order valence-corrected chi connectivity index (χ0v) is 15.7. The van der Waals surface area contributed by atoms with Crippen LogP contribution in [0.5, 0.6) is 11.5 Å². The Bertz CT molecular complexity index is 960. The molecule has 0 aliphatic rings. The summed E-state index contributed by atoms with van der Waals surface area (Å²) in [4.78, 5) is 23.6. The van der Waals surface area contributed by atoms with Crippen molar-refractivity contribution in [2.24, 2.45) is 0 Å². The largest absolute Gasteiger partial charge is 0.493 e. The molecule has 0 radical (unpaired) electrons. The van der Waals surface area contributed by atoms with Crippen molar-refractivity contribution in [1.82, 2.24) is 0 Å². The average molecular weight is 380 g/mol. The quantitative estimate of drug-likeness (QED) is 0.563. The van der Waals surface area contributed by atoms with Gasteiger partial charge >= 0.3 is 5.97 Å². The molecule has 0 aliphatic heterocycles. The van der Waals surface area contributed by atoms with Crippen LogP contribution in [0.15, 0.2) is 48.0 Å². The monoisotopic (exact) mass is 380 g/mol. The standard InChI is InChI=1S/C21H20N2O5/c1-13-6-4-8-17(10-13)23-20(24)16(12-22)11-15-7-5-9-18(27-3)19(15)28-14(2)21(25)26/h4-11,14H,1-3H3,(H,23,24)(H,25,26)/b16-11-/t14-/m0/s1. The lowest BCUT2D eigenvalue weighted by molar-refractivity contribution is -0.144. The first kappa shape index (κ1) is 20.5. The van der Waals surface area contributed by atoms with E-state index in [0.717, 1.165) is 5.56 Å². The first-order valence-corrected chi connectivity index (χ1v) is 8.42. The van der Waals surface area contributed by atoms with Crippen molar-refractivity contribution in [2.45, 2.75) is 20.0 Å². The normalized spacial score (nSPS) is 11.9. The number of carbonyl (C=O) groups excluding carboxylic acids is 1. The molecule has 0 aromatic heterocycles. The zero-order valence-electron chi connectivity index (χ0n) is 15.7. The summed E-state index contributed by atoms with van der Waals surface area (Å²) in [5.41, 5.74) is 1.71. The van der Waals surface area contributed by atoms with Gasteiger partial charge in [-0.05, 0) is 43.7 Å². The van der Waals surface area contributed by atoms with E-state index in [0.29, 0.717) is 17.0 Å². The van der Waals surface area contributed by atoms with E-state index >= 15 is 0 Å². The Morgan fingerprint density at radius 3 is 2.57 bits per heavy atom. The summed E-state index contributed by atoms with van der Waals surface area (Å²) in [7, 11) is 1.41. The summed E-state index contributed by atoms with van der Waals surface area (Å²) in [5, 5.41) is 21.2. The number of nitrogens with zero attached hydrogens (tertiary/aromatic N) is 1. The number of anilines is 1. The molecule has 0 bridgehead atoms. The van der Waals surface area contributed by atoms with Crippen LogP contribution in [-0.2, 0) is 9.59 Å². The van der Waals surface area contributed by atoms with E-state index in [4.69, 9.17) is 14.6 Å². The Hall–Kier alpha value is -3.79. The fraction of sp³-hybridized carbons (Fsp3) is 0.190. The van der Waals surface area contributed by atoms with Gasteiger partial charge in [0.05, 0.1) is 7.11 Å². The van der Waals surface area contributed by atoms with Crippen LogP contribution in [-0.4, -0.2) is 30.2 Å². The molecule has 144 valence electrons. The molecule has 0 aliphatic carbocycles. The van der Waals surface area contributed by atoms with Crippen LogP contribution in [0, 0.1) is 18.3 Å². The lowest BCUT2D eigenvalue weighted by Gasteiger charge is -2.16. The lowest BCUT2D eigenvalue weighted by Crippen LogP contribution is -2.23. The third kappa shape index (κ3) is 5.11. The third-order valence-electron chi connectivity index (χ3n) is 3.81. The lowest BCUT2D eigenvalue weighted by atomic mass is 10.1. The van der Waals surface area contributed by atoms with E-state index in [1.807, 2.05) is 19.1 Å². The maximum Gasteiger partial charge on any atom is 0.344 e. The zero-order chi connectivity index (χ0) is 20.7. The molecule has 2 N–H and O–H groups in total. The Morgan fingerprint density at radius 1 is 1.25 bits per heavy atom. The molecule has 2 aromatic rings. The first-order valence-electron chi connectivity index (χ1n) is 8.42. The van der Waals surface area contributed by atoms with Crippen LogP contribution in [0.1, 0.15) is 18.1 Å². The number of nitriles is 1. The van der Waals surface area contributed by atoms with Crippen molar-refractivity contribution < 1.29 is 24.2 Å². The molecule has 0 spiro atoms. The minimum atomic E-state index is -1.15. The van der Waals surface area contributed by atoms with E-state index in [1.165, 1.54) is 20.1 Å². The fourth-order valence-corrected chi connectivity index (χ4v) is 2.39. The number of carbonyl (C=O) groups is 2. The molecular formula is C21H20N2O5. The Balaban J connectivity index is 2.38. The van der Waals surface area contributed by atoms with Crippen LogP contribution >= 0.6 is 0 Å². The molecular weight excluding hydrogens is 360 g/mol. The van der Waals surface area contributed by atoms with Crippen molar-refractivity contribution in [3.63, 3.8) is 0 Å². The molecule has 0 heterocycles. The summed E-state index contributed by atoms with van der Waals surface area (Å²) in [6.07, 6.45) is 0.187. The minimum Gasteiger partial charge on any atom is -0.493 e. The SMILES string of the molecule is COc1cccc(/C=C(/C#N)C(=O)Nc2cccc(C)c2)c1O[C@@H](C)C(=O)O. The van der Waals surface area contributed by atoms with Crippen LogP contribution in [0.4, 0.5) is 5.69 Å². The number of ether oxygens (including phenoxy) is 2. The maximum absolute atomic E-state index is 12.5. The molecule has 0 fully saturated rings. The highest BCUT2D eigenvalue weighted by Crippen LogP contribution is 2.33. The van der Waals surface area contributed by atoms with Crippen molar-refractivity contribution in [1.29, 1.82) is 5.26 Å². The molecule has 0 saturated heterocycles. The summed E-state index contributed by atoms with van der Waals surface area (Å²) >= 11 is 0. The fourth-order valence-electron chi connectivity index (χ4n) is 2.39. The number of nitrogens with one attached hydrogen (secondary N) is 1. The second-order valence-corrected chi connectivity index (χ2v) is 5.97. The number of amides is 1. The minimum absolute atomic E-state index is 0.135.